The molecule has 1 fully saturated rings. The molecule has 0 aromatic heterocycles. The number of carbonyl (C=O) groups excluding carboxylic acids is 2. The Morgan fingerprint density at radius 2 is 2.03 bits per heavy atom. The van der Waals surface area contributed by atoms with Crippen LogP contribution in [0.4, 0.5) is 0 Å². The summed E-state index contributed by atoms with van der Waals surface area (Å²) in [6, 6.07) is 11.9. The molecule has 0 unspecified atom stereocenters. The van der Waals surface area contributed by atoms with Gasteiger partial charge in [-0.25, -0.2) is 4.79 Å². The van der Waals surface area contributed by atoms with Gasteiger partial charge in [0.25, 0.3) is 0 Å². The second-order valence-corrected chi connectivity index (χ2v) is 6.68. The molecule has 9 heteroatoms. The number of carbonyl (C=O) groups is 2. The first-order valence-electron chi connectivity index (χ1n) is 8.76. The van der Waals surface area contributed by atoms with Crippen LogP contribution in [-0.4, -0.2) is 42.7 Å². The molecule has 0 radical (unpaired) electrons. The van der Waals surface area contributed by atoms with Crippen molar-refractivity contribution in [2.45, 2.75) is 6.92 Å². The summed E-state index contributed by atoms with van der Waals surface area (Å²) in [7, 11) is 1.49. The van der Waals surface area contributed by atoms with E-state index < -0.39 is 5.97 Å². The molecule has 150 valence electrons. The summed E-state index contributed by atoms with van der Waals surface area (Å²) in [5.74, 6) is 0.805. The van der Waals surface area contributed by atoms with Crippen LogP contribution in [-0.2, 0) is 4.79 Å². The topological polar surface area (TPSA) is 98.6 Å². The normalized spacial score (nSPS) is 14.8. The molecular weight excluding hydrogens is 394 g/mol. The van der Waals surface area contributed by atoms with Gasteiger partial charge in [0, 0.05) is 0 Å². The van der Waals surface area contributed by atoms with E-state index in [-0.39, 0.29) is 11.7 Å². The van der Waals surface area contributed by atoms with Crippen molar-refractivity contribution in [1.82, 2.24) is 5.32 Å². The first kappa shape index (κ1) is 20.4. The SMILES string of the molecule is CCOc1cc(/C=N/N=C2/NC(=O)CS2)ccc1OC(=O)c1ccccc1OC. The molecule has 1 aliphatic heterocycles. The summed E-state index contributed by atoms with van der Waals surface area (Å²) >= 11 is 1.29. The Balaban J connectivity index is 1.77. The molecule has 0 bridgehead atoms. The number of esters is 1. The number of hydrogen-bond donors (Lipinski definition) is 1. The molecule has 2 aromatic rings. The van der Waals surface area contributed by atoms with Gasteiger partial charge >= 0.3 is 5.97 Å². The quantitative estimate of drug-likeness (QED) is 0.324. The monoisotopic (exact) mass is 413 g/mol. The lowest BCUT2D eigenvalue weighted by atomic mass is 10.2. The Morgan fingerprint density at radius 3 is 2.76 bits per heavy atom. The van der Waals surface area contributed by atoms with Gasteiger partial charge < -0.3 is 19.5 Å². The highest BCUT2D eigenvalue weighted by Crippen LogP contribution is 2.30. The molecule has 8 nitrogen and oxygen atoms in total. The molecule has 2 aromatic carbocycles. The lowest BCUT2D eigenvalue weighted by Crippen LogP contribution is -2.19. The Kier molecular flexibility index (Phi) is 6.85. The van der Waals surface area contributed by atoms with E-state index in [0.29, 0.717) is 40.2 Å². The summed E-state index contributed by atoms with van der Waals surface area (Å²) < 4.78 is 16.3. The first-order chi connectivity index (χ1) is 14.1. The van der Waals surface area contributed by atoms with Crippen LogP contribution in [0.2, 0.25) is 0 Å². The van der Waals surface area contributed by atoms with Crippen LogP contribution in [0.5, 0.6) is 17.2 Å². The third-order valence-corrected chi connectivity index (χ3v) is 4.60. The maximum absolute atomic E-state index is 12.5. The molecule has 0 spiro atoms. The number of hydrogen-bond acceptors (Lipinski definition) is 8. The van der Waals surface area contributed by atoms with Gasteiger partial charge in [0.05, 0.1) is 25.7 Å². The van der Waals surface area contributed by atoms with Crippen molar-refractivity contribution in [2.24, 2.45) is 10.2 Å². The Morgan fingerprint density at radius 1 is 1.21 bits per heavy atom. The zero-order valence-electron chi connectivity index (χ0n) is 15.9. The predicted octanol–water partition coefficient (Wildman–Crippen LogP) is 2.87. The smallest absolute Gasteiger partial charge is 0.347 e. The minimum Gasteiger partial charge on any atom is -0.496 e. The number of thioether (sulfide) groups is 1. The van der Waals surface area contributed by atoms with Gasteiger partial charge in [-0.15, -0.1) is 5.10 Å². The zero-order valence-corrected chi connectivity index (χ0v) is 16.7. The minimum absolute atomic E-state index is 0.0937. The first-order valence-corrected chi connectivity index (χ1v) is 9.75. The predicted molar refractivity (Wildman–Crippen MR) is 111 cm³/mol. The summed E-state index contributed by atoms with van der Waals surface area (Å²) in [5.41, 5.74) is 1.01. The molecule has 0 saturated carbocycles. The van der Waals surface area contributed by atoms with E-state index in [1.54, 1.807) is 42.5 Å². The van der Waals surface area contributed by atoms with Gasteiger partial charge in [0.15, 0.2) is 16.7 Å². The fourth-order valence-corrected chi connectivity index (χ4v) is 3.08. The van der Waals surface area contributed by atoms with Crippen molar-refractivity contribution in [2.75, 3.05) is 19.5 Å². The molecule has 3 rings (SSSR count). The molecule has 29 heavy (non-hydrogen) atoms. The second-order valence-electron chi connectivity index (χ2n) is 5.72. The van der Waals surface area contributed by atoms with Crippen molar-refractivity contribution in [3.8, 4) is 17.2 Å². The highest BCUT2D eigenvalue weighted by molar-refractivity contribution is 8.15. The van der Waals surface area contributed by atoms with E-state index in [1.807, 2.05) is 6.92 Å². The number of ether oxygens (including phenoxy) is 3. The molecule has 1 heterocycles. The average Bonchev–Trinajstić information content (AvgIpc) is 3.15. The molecule has 1 amide bonds. The van der Waals surface area contributed by atoms with Crippen LogP contribution >= 0.6 is 11.8 Å². The average molecular weight is 413 g/mol. The Labute approximate surface area is 171 Å². The van der Waals surface area contributed by atoms with Gasteiger partial charge in [0.1, 0.15) is 11.3 Å². The second kappa shape index (κ2) is 9.74. The number of para-hydroxylation sites is 1. The van der Waals surface area contributed by atoms with E-state index in [1.165, 1.54) is 25.1 Å². The summed E-state index contributed by atoms with van der Waals surface area (Å²) in [6.45, 7) is 2.23. The fraction of sp³-hybridized carbons (Fsp3) is 0.200. The summed E-state index contributed by atoms with van der Waals surface area (Å²) in [4.78, 5) is 23.7. The number of amides is 1. The maximum Gasteiger partial charge on any atom is 0.347 e. The molecule has 1 aliphatic rings. The van der Waals surface area contributed by atoms with Crippen LogP contribution in [0.1, 0.15) is 22.8 Å². The van der Waals surface area contributed by atoms with Gasteiger partial charge in [-0.1, -0.05) is 23.9 Å². The summed E-state index contributed by atoms with van der Waals surface area (Å²) in [5, 5.41) is 11.0. The molecule has 0 atom stereocenters. The molecule has 0 aliphatic carbocycles. The minimum atomic E-state index is -0.551. The fourth-order valence-electron chi connectivity index (χ4n) is 2.45. The van der Waals surface area contributed by atoms with Crippen molar-refractivity contribution < 1.29 is 23.8 Å². The lowest BCUT2D eigenvalue weighted by molar-refractivity contribution is -0.116. The number of methoxy groups -OCH3 is 1. The van der Waals surface area contributed by atoms with Crippen molar-refractivity contribution >= 4 is 35.0 Å². The number of nitrogens with zero attached hydrogens (tertiary/aromatic N) is 2. The number of benzene rings is 2. The van der Waals surface area contributed by atoms with Crippen molar-refractivity contribution in [3.05, 3.63) is 53.6 Å². The van der Waals surface area contributed by atoms with Gasteiger partial charge in [-0.05, 0) is 42.8 Å². The van der Waals surface area contributed by atoms with E-state index in [2.05, 4.69) is 15.5 Å². The van der Waals surface area contributed by atoms with Crippen molar-refractivity contribution in [1.29, 1.82) is 0 Å². The summed E-state index contributed by atoms with van der Waals surface area (Å²) in [6.07, 6.45) is 1.52. The van der Waals surface area contributed by atoms with Crippen LogP contribution in [0, 0.1) is 0 Å². The number of rotatable bonds is 7. The van der Waals surface area contributed by atoms with Gasteiger partial charge in [-0.3, -0.25) is 4.79 Å². The van der Waals surface area contributed by atoms with Gasteiger partial charge in [0.2, 0.25) is 5.91 Å². The number of amidine groups is 1. The molecule has 1 saturated heterocycles. The Bertz CT molecular complexity index is 974. The Hall–Kier alpha value is -3.33. The standard InChI is InChI=1S/C20H19N3O5S/c1-3-27-17-10-13(11-21-23-20-22-18(24)12-29-20)8-9-16(17)28-19(25)14-6-4-5-7-15(14)26-2/h4-11H,3,12H2,1-2H3,(H,22,23,24)/b21-11+. The third-order valence-electron chi connectivity index (χ3n) is 3.74. The lowest BCUT2D eigenvalue weighted by Gasteiger charge is -2.12. The van der Waals surface area contributed by atoms with Crippen LogP contribution < -0.4 is 19.5 Å². The van der Waals surface area contributed by atoms with Gasteiger partial charge in [-0.2, -0.15) is 5.10 Å². The molecule has 1 N–H and O–H groups in total. The highest BCUT2D eigenvalue weighted by Gasteiger charge is 2.17. The highest BCUT2D eigenvalue weighted by atomic mass is 32.2. The van der Waals surface area contributed by atoms with Crippen LogP contribution in [0.25, 0.3) is 0 Å². The largest absolute Gasteiger partial charge is 0.496 e. The van der Waals surface area contributed by atoms with Crippen LogP contribution in [0.3, 0.4) is 0 Å². The van der Waals surface area contributed by atoms with E-state index in [0.717, 1.165) is 0 Å². The van der Waals surface area contributed by atoms with E-state index >= 15 is 0 Å². The third kappa shape index (κ3) is 5.35. The van der Waals surface area contributed by atoms with Crippen LogP contribution in [0.15, 0.2) is 52.7 Å². The van der Waals surface area contributed by atoms with E-state index in [9.17, 15) is 9.59 Å². The van der Waals surface area contributed by atoms with Crippen molar-refractivity contribution in [3.63, 3.8) is 0 Å². The van der Waals surface area contributed by atoms with E-state index in [4.69, 9.17) is 14.2 Å². The zero-order chi connectivity index (χ0) is 20.6. The maximum atomic E-state index is 12.5. The number of nitrogens with one attached hydrogen (secondary N) is 1. The molecular formula is C20H19N3O5S.